The Morgan fingerprint density at radius 1 is 1.45 bits per heavy atom. The van der Waals surface area contributed by atoms with Crippen LogP contribution in [-0.4, -0.2) is 45.4 Å². The maximum Gasteiger partial charge on any atom is 0.341 e. The summed E-state index contributed by atoms with van der Waals surface area (Å²) in [5.74, 6) is -0.375. The van der Waals surface area contributed by atoms with Gasteiger partial charge in [-0.1, -0.05) is 13.8 Å². The first-order chi connectivity index (χ1) is 9.70. The second kappa shape index (κ2) is 8.52. The van der Waals surface area contributed by atoms with Crippen LogP contribution in [0.15, 0.2) is 21.8 Å². The molecular weight excluding hydrogens is 332 g/mol. The van der Waals surface area contributed by atoms with Crippen molar-refractivity contribution in [1.29, 1.82) is 0 Å². The van der Waals surface area contributed by atoms with Crippen molar-refractivity contribution in [1.82, 2.24) is 4.31 Å². The quantitative estimate of drug-likeness (QED) is 0.744. The highest BCUT2D eigenvalue weighted by molar-refractivity contribution is 7.89. The zero-order valence-electron chi connectivity index (χ0n) is 13.1. The van der Waals surface area contributed by atoms with Crippen molar-refractivity contribution in [2.45, 2.75) is 31.4 Å². The van der Waals surface area contributed by atoms with Gasteiger partial charge in [0.15, 0.2) is 0 Å². The van der Waals surface area contributed by atoms with Crippen LogP contribution in [-0.2, 0) is 14.8 Å². The van der Waals surface area contributed by atoms with E-state index in [4.69, 9.17) is 10.2 Å². The van der Waals surface area contributed by atoms with Gasteiger partial charge in [-0.25, -0.2) is 13.2 Å². The fourth-order valence-corrected chi connectivity index (χ4v) is 2.71. The summed E-state index contributed by atoms with van der Waals surface area (Å²) in [6.45, 7) is 4.23. The fourth-order valence-electron chi connectivity index (χ4n) is 1.61. The molecule has 1 unspecified atom stereocenters. The highest BCUT2D eigenvalue weighted by atomic mass is 35.5. The van der Waals surface area contributed by atoms with Crippen LogP contribution in [0, 0.1) is 5.92 Å². The van der Waals surface area contributed by atoms with E-state index in [1.54, 1.807) is 0 Å². The van der Waals surface area contributed by atoms with Gasteiger partial charge in [-0.05, 0) is 12.3 Å². The van der Waals surface area contributed by atoms with Crippen LogP contribution in [0.1, 0.15) is 30.6 Å². The molecule has 0 aliphatic heterocycles. The van der Waals surface area contributed by atoms with Crippen molar-refractivity contribution >= 4 is 28.4 Å². The first-order valence-corrected chi connectivity index (χ1v) is 8.03. The molecule has 9 heteroatoms. The number of carbonyl (C=O) groups excluding carboxylic acids is 1. The van der Waals surface area contributed by atoms with Gasteiger partial charge in [0.1, 0.15) is 6.26 Å². The molecule has 0 amide bonds. The molecule has 2 N–H and O–H groups in total. The Bertz CT molecular complexity index is 585. The molecule has 1 rings (SSSR count). The summed E-state index contributed by atoms with van der Waals surface area (Å²) in [5.41, 5.74) is 5.96. The highest BCUT2D eigenvalue weighted by Gasteiger charge is 2.26. The lowest BCUT2D eigenvalue weighted by molar-refractivity contribution is 0.0600. The molecule has 0 spiro atoms. The summed E-state index contributed by atoms with van der Waals surface area (Å²) in [6, 6.07) is 1.07. The Balaban J connectivity index is 0.00000441. The number of rotatable bonds is 7. The first kappa shape index (κ1) is 20.9. The Morgan fingerprint density at radius 3 is 2.55 bits per heavy atom. The standard InChI is InChI=1S/C13H22N2O5S.ClH/c1-9(2)11(14)5-6-15(3)21(17,18)12-7-10(8-20-12)13(16)19-4;/h7-9,11H,5-6,14H2,1-4H3;1H. The van der Waals surface area contributed by atoms with Crippen LogP contribution in [0.4, 0.5) is 0 Å². The topological polar surface area (TPSA) is 103 Å². The molecule has 0 radical (unpaired) electrons. The molecule has 1 heterocycles. The summed E-state index contributed by atoms with van der Waals surface area (Å²) in [6.07, 6.45) is 1.60. The molecule has 0 aliphatic rings. The van der Waals surface area contributed by atoms with E-state index in [1.165, 1.54) is 14.2 Å². The smallest absolute Gasteiger partial charge is 0.341 e. The van der Waals surface area contributed by atoms with Crippen molar-refractivity contribution in [3.8, 4) is 0 Å². The van der Waals surface area contributed by atoms with Gasteiger partial charge in [0.25, 0.3) is 10.0 Å². The number of sulfonamides is 1. The maximum absolute atomic E-state index is 12.3. The van der Waals surface area contributed by atoms with Gasteiger partial charge in [0, 0.05) is 25.7 Å². The zero-order chi connectivity index (χ0) is 16.2. The largest absolute Gasteiger partial charge is 0.465 e. The fraction of sp³-hybridized carbons (Fsp3) is 0.615. The van der Waals surface area contributed by atoms with Crippen molar-refractivity contribution in [3.05, 3.63) is 17.9 Å². The minimum Gasteiger partial charge on any atom is -0.465 e. The molecule has 1 aromatic heterocycles. The van der Waals surface area contributed by atoms with Crippen LogP contribution in [0.5, 0.6) is 0 Å². The Kier molecular flexibility index (Phi) is 8.10. The lowest BCUT2D eigenvalue weighted by Gasteiger charge is -2.20. The van der Waals surface area contributed by atoms with Crippen LogP contribution in [0.25, 0.3) is 0 Å². The summed E-state index contributed by atoms with van der Waals surface area (Å²) in [5, 5.41) is -0.288. The normalized spacial score (nSPS) is 13.0. The van der Waals surface area contributed by atoms with Gasteiger partial charge in [-0.2, -0.15) is 4.31 Å². The van der Waals surface area contributed by atoms with E-state index in [1.807, 2.05) is 13.8 Å². The summed E-state index contributed by atoms with van der Waals surface area (Å²) in [4.78, 5) is 11.3. The number of nitrogens with two attached hydrogens (primary N) is 1. The predicted octanol–water partition coefficient (Wildman–Crippen LogP) is 1.48. The third-order valence-electron chi connectivity index (χ3n) is 3.29. The lowest BCUT2D eigenvalue weighted by Crippen LogP contribution is -2.34. The predicted molar refractivity (Wildman–Crippen MR) is 84.5 cm³/mol. The molecule has 0 bridgehead atoms. The third-order valence-corrected chi connectivity index (χ3v) is 5.02. The van der Waals surface area contributed by atoms with Crippen LogP contribution >= 0.6 is 12.4 Å². The number of ether oxygens (including phenoxy) is 1. The second-order valence-electron chi connectivity index (χ2n) is 5.17. The number of hydrogen-bond acceptors (Lipinski definition) is 6. The number of furan rings is 1. The van der Waals surface area contributed by atoms with Crippen LogP contribution in [0.2, 0.25) is 0 Å². The van der Waals surface area contributed by atoms with E-state index in [9.17, 15) is 13.2 Å². The van der Waals surface area contributed by atoms with Gasteiger partial charge >= 0.3 is 5.97 Å². The molecule has 0 aliphatic carbocycles. The lowest BCUT2D eigenvalue weighted by atomic mass is 10.0. The summed E-state index contributed by atoms with van der Waals surface area (Å²) < 4.78 is 35.2. The SMILES string of the molecule is COC(=O)c1coc(S(=O)(=O)N(C)CCC(N)C(C)C)c1.Cl. The van der Waals surface area contributed by atoms with Crippen molar-refractivity contribution in [2.75, 3.05) is 20.7 Å². The number of nitrogens with zero attached hydrogens (tertiary/aromatic N) is 1. The van der Waals surface area contributed by atoms with E-state index in [-0.39, 0.29) is 41.6 Å². The van der Waals surface area contributed by atoms with Gasteiger partial charge in [-0.15, -0.1) is 12.4 Å². The Morgan fingerprint density at radius 2 is 2.05 bits per heavy atom. The molecule has 0 aromatic carbocycles. The van der Waals surface area contributed by atoms with E-state index in [0.717, 1.165) is 16.6 Å². The van der Waals surface area contributed by atoms with Gasteiger partial charge in [-0.3, -0.25) is 0 Å². The molecule has 7 nitrogen and oxygen atoms in total. The maximum atomic E-state index is 12.3. The molecule has 0 saturated carbocycles. The van der Waals surface area contributed by atoms with Crippen molar-refractivity contribution in [2.24, 2.45) is 11.7 Å². The Labute approximate surface area is 137 Å². The minimum atomic E-state index is -3.78. The average molecular weight is 355 g/mol. The molecular formula is C13H23ClN2O5S. The van der Waals surface area contributed by atoms with E-state index < -0.39 is 16.0 Å². The van der Waals surface area contributed by atoms with Crippen molar-refractivity contribution < 1.29 is 22.4 Å². The monoisotopic (exact) mass is 354 g/mol. The molecule has 0 fully saturated rings. The number of hydrogen-bond donors (Lipinski definition) is 1. The zero-order valence-corrected chi connectivity index (χ0v) is 14.7. The molecule has 0 saturated heterocycles. The highest BCUT2D eigenvalue weighted by Crippen LogP contribution is 2.19. The average Bonchev–Trinajstić information content (AvgIpc) is 2.93. The first-order valence-electron chi connectivity index (χ1n) is 6.59. The van der Waals surface area contributed by atoms with E-state index >= 15 is 0 Å². The number of esters is 1. The Hall–Kier alpha value is -1.09. The minimum absolute atomic E-state index is 0. The molecule has 1 aromatic rings. The van der Waals surface area contributed by atoms with Crippen LogP contribution < -0.4 is 5.73 Å². The van der Waals surface area contributed by atoms with Gasteiger partial charge in [0.2, 0.25) is 5.09 Å². The summed E-state index contributed by atoms with van der Waals surface area (Å²) in [7, 11) is -1.12. The van der Waals surface area contributed by atoms with Crippen molar-refractivity contribution in [3.63, 3.8) is 0 Å². The van der Waals surface area contributed by atoms with E-state index in [0.29, 0.717) is 6.42 Å². The van der Waals surface area contributed by atoms with Crippen LogP contribution in [0.3, 0.4) is 0 Å². The number of methoxy groups -OCH3 is 1. The van der Waals surface area contributed by atoms with Gasteiger partial charge < -0.3 is 14.9 Å². The number of halogens is 1. The molecule has 22 heavy (non-hydrogen) atoms. The third kappa shape index (κ3) is 4.98. The van der Waals surface area contributed by atoms with E-state index in [2.05, 4.69) is 4.74 Å². The summed E-state index contributed by atoms with van der Waals surface area (Å²) >= 11 is 0. The molecule has 128 valence electrons. The van der Waals surface area contributed by atoms with Gasteiger partial charge in [0.05, 0.1) is 12.7 Å². The number of carbonyl (C=O) groups is 1. The molecule has 1 atom stereocenters. The second-order valence-corrected chi connectivity index (χ2v) is 7.14.